The molecule has 0 spiro atoms. The second-order valence-corrected chi connectivity index (χ2v) is 10.1. The highest BCUT2D eigenvalue weighted by Gasteiger charge is 2.22. The number of aromatic nitrogens is 4. The molecule has 0 radical (unpaired) electrons. The molecule has 0 unspecified atom stereocenters. The minimum absolute atomic E-state index is 0.0775. The smallest absolute Gasteiger partial charge is 0.248 e. The highest BCUT2D eigenvalue weighted by molar-refractivity contribution is 7.90. The highest BCUT2D eigenvalue weighted by atomic mass is 32.2. The van der Waals surface area contributed by atoms with Gasteiger partial charge in [0, 0.05) is 18.2 Å². The molecule has 0 aliphatic heterocycles. The number of nitrogens with one attached hydrogen (secondary N) is 1. The first-order valence-corrected chi connectivity index (χ1v) is 12.3. The number of carbonyl (C=O) groups excluding carboxylic acids is 1. The molecule has 0 aliphatic rings. The maximum Gasteiger partial charge on any atom is 0.248 e. The Kier molecular flexibility index (Phi) is 5.37. The number of aromatic hydroxyl groups is 1. The summed E-state index contributed by atoms with van der Waals surface area (Å²) in [5.74, 6) is -0.380. The lowest BCUT2D eigenvalue weighted by atomic mass is 10.1. The van der Waals surface area contributed by atoms with Crippen molar-refractivity contribution in [2.45, 2.75) is 10.6 Å². The Bertz CT molecular complexity index is 1670. The largest absolute Gasteiger partial charge is 0.504 e. The van der Waals surface area contributed by atoms with Crippen LogP contribution in [0.3, 0.4) is 0 Å². The van der Waals surface area contributed by atoms with Crippen molar-refractivity contribution in [3.63, 3.8) is 0 Å². The van der Waals surface area contributed by atoms with E-state index in [0.29, 0.717) is 44.9 Å². The van der Waals surface area contributed by atoms with E-state index in [-0.39, 0.29) is 16.4 Å². The molecule has 1 amide bonds. The van der Waals surface area contributed by atoms with E-state index in [1.807, 2.05) is 0 Å². The topological polar surface area (TPSA) is 144 Å². The number of amides is 1. The van der Waals surface area contributed by atoms with Gasteiger partial charge in [-0.1, -0.05) is 42.5 Å². The van der Waals surface area contributed by atoms with Crippen LogP contribution in [0, 0.1) is 0 Å². The standard InChI is InChI=1S/C25H21N5O4S/c1-30-22(25-27-19-12-11-17(24(26)32)13-20(19)28-25)23(31)21(29-30)16-9-7-15(8-10-16)14-35(33,34)18-5-3-2-4-6-18/h2-13,31H,14H2,1H3,(H2,26,32)(H,27,28). The number of nitrogens with two attached hydrogens (primary N) is 1. The Labute approximate surface area is 200 Å². The summed E-state index contributed by atoms with van der Waals surface area (Å²) in [6.07, 6.45) is 0. The van der Waals surface area contributed by atoms with Crippen molar-refractivity contribution in [1.29, 1.82) is 0 Å². The van der Waals surface area contributed by atoms with Gasteiger partial charge in [-0.25, -0.2) is 13.4 Å². The molecule has 10 heteroatoms. The van der Waals surface area contributed by atoms with Gasteiger partial charge < -0.3 is 15.8 Å². The number of imidazole rings is 1. The first-order chi connectivity index (χ1) is 16.7. The maximum atomic E-state index is 12.7. The summed E-state index contributed by atoms with van der Waals surface area (Å²) in [6, 6.07) is 20.0. The zero-order chi connectivity index (χ0) is 24.7. The summed E-state index contributed by atoms with van der Waals surface area (Å²) >= 11 is 0. The molecule has 2 heterocycles. The first kappa shape index (κ1) is 22.4. The van der Waals surface area contributed by atoms with Gasteiger partial charge >= 0.3 is 0 Å². The van der Waals surface area contributed by atoms with Gasteiger partial charge in [0.15, 0.2) is 21.4 Å². The molecule has 0 bridgehead atoms. The van der Waals surface area contributed by atoms with Gasteiger partial charge in [-0.05, 0) is 35.9 Å². The number of fused-ring (bicyclic) bond motifs is 1. The minimum atomic E-state index is -3.47. The second-order valence-electron chi connectivity index (χ2n) is 8.12. The van der Waals surface area contributed by atoms with Gasteiger partial charge in [-0.2, -0.15) is 5.10 Å². The van der Waals surface area contributed by atoms with Crippen molar-refractivity contribution in [3.8, 4) is 28.5 Å². The molecule has 2 aromatic heterocycles. The zero-order valence-corrected chi connectivity index (χ0v) is 19.5. The molecule has 0 aliphatic carbocycles. The van der Waals surface area contributed by atoms with Crippen molar-refractivity contribution in [1.82, 2.24) is 19.7 Å². The monoisotopic (exact) mass is 487 g/mol. The van der Waals surface area contributed by atoms with E-state index in [1.54, 1.807) is 79.8 Å². The van der Waals surface area contributed by atoms with E-state index in [4.69, 9.17) is 5.73 Å². The third-order valence-electron chi connectivity index (χ3n) is 5.70. The molecular formula is C25H21N5O4S. The number of hydrogen-bond acceptors (Lipinski definition) is 6. The van der Waals surface area contributed by atoms with Gasteiger partial charge in [-0.3, -0.25) is 9.48 Å². The number of hydrogen-bond donors (Lipinski definition) is 3. The predicted octanol–water partition coefficient (Wildman–Crippen LogP) is 3.41. The fraction of sp³-hybridized carbons (Fsp3) is 0.0800. The quantitative estimate of drug-likeness (QED) is 0.335. The Morgan fingerprint density at radius 2 is 1.77 bits per heavy atom. The summed E-state index contributed by atoms with van der Waals surface area (Å²) in [4.78, 5) is 19.3. The van der Waals surface area contributed by atoms with E-state index in [1.165, 1.54) is 4.68 Å². The molecule has 0 saturated carbocycles. The number of sulfone groups is 1. The van der Waals surface area contributed by atoms with Gasteiger partial charge in [0.1, 0.15) is 11.4 Å². The van der Waals surface area contributed by atoms with E-state index in [0.717, 1.165) is 0 Å². The lowest BCUT2D eigenvalue weighted by Gasteiger charge is -2.05. The molecule has 5 rings (SSSR count). The van der Waals surface area contributed by atoms with Crippen molar-refractivity contribution in [2.75, 3.05) is 0 Å². The second kappa shape index (κ2) is 8.41. The van der Waals surface area contributed by atoms with Crippen LogP contribution in [0.15, 0.2) is 77.7 Å². The lowest BCUT2D eigenvalue weighted by molar-refractivity contribution is 0.100. The number of aromatic amines is 1. The van der Waals surface area contributed by atoms with E-state index >= 15 is 0 Å². The number of H-pyrrole nitrogens is 1. The van der Waals surface area contributed by atoms with Crippen LogP contribution >= 0.6 is 0 Å². The van der Waals surface area contributed by atoms with Gasteiger partial charge in [-0.15, -0.1) is 0 Å². The number of carbonyl (C=O) groups is 1. The Morgan fingerprint density at radius 3 is 2.46 bits per heavy atom. The summed E-state index contributed by atoms with van der Waals surface area (Å²) in [6.45, 7) is 0. The average Bonchev–Trinajstić information content (AvgIpc) is 3.38. The molecule has 0 saturated heterocycles. The third-order valence-corrected chi connectivity index (χ3v) is 7.40. The molecule has 3 aromatic carbocycles. The molecule has 0 fully saturated rings. The average molecular weight is 488 g/mol. The van der Waals surface area contributed by atoms with E-state index in [9.17, 15) is 18.3 Å². The van der Waals surface area contributed by atoms with Crippen LogP contribution in [0.1, 0.15) is 15.9 Å². The van der Waals surface area contributed by atoms with Gasteiger partial charge in [0.2, 0.25) is 5.91 Å². The zero-order valence-electron chi connectivity index (χ0n) is 18.6. The van der Waals surface area contributed by atoms with Crippen molar-refractivity contribution in [2.24, 2.45) is 12.8 Å². The van der Waals surface area contributed by atoms with E-state index < -0.39 is 15.7 Å². The molecule has 9 nitrogen and oxygen atoms in total. The van der Waals surface area contributed by atoms with Crippen LogP contribution in [0.2, 0.25) is 0 Å². The van der Waals surface area contributed by atoms with E-state index in [2.05, 4.69) is 15.1 Å². The number of aryl methyl sites for hydroxylation is 1. The number of benzene rings is 3. The number of primary amides is 1. The Hall–Kier alpha value is -4.44. The predicted molar refractivity (Wildman–Crippen MR) is 131 cm³/mol. The molecular weight excluding hydrogens is 466 g/mol. The molecule has 0 atom stereocenters. The number of nitrogens with zero attached hydrogens (tertiary/aromatic N) is 3. The molecule has 4 N–H and O–H groups in total. The SMILES string of the molecule is Cn1nc(-c2ccc(CS(=O)(=O)c3ccccc3)cc2)c(O)c1-c1nc2ccc(C(N)=O)cc2[nH]1. The molecule has 176 valence electrons. The van der Waals surface area contributed by atoms with Gasteiger partial charge in [0.05, 0.1) is 21.7 Å². The fourth-order valence-corrected chi connectivity index (χ4v) is 5.31. The van der Waals surface area contributed by atoms with Gasteiger partial charge in [0.25, 0.3) is 0 Å². The van der Waals surface area contributed by atoms with Crippen LogP contribution in [-0.4, -0.2) is 39.2 Å². The Morgan fingerprint density at radius 1 is 1.06 bits per heavy atom. The van der Waals surface area contributed by atoms with Crippen LogP contribution in [0.5, 0.6) is 5.75 Å². The van der Waals surface area contributed by atoms with Crippen molar-refractivity contribution >= 4 is 26.8 Å². The third kappa shape index (κ3) is 4.15. The van der Waals surface area contributed by atoms with Crippen LogP contribution in [0.25, 0.3) is 33.8 Å². The molecule has 5 aromatic rings. The maximum absolute atomic E-state index is 12.7. The highest BCUT2D eigenvalue weighted by Crippen LogP contribution is 2.37. The van der Waals surface area contributed by atoms with Crippen molar-refractivity contribution in [3.05, 3.63) is 83.9 Å². The summed E-state index contributed by atoms with van der Waals surface area (Å²) in [5.41, 5.74) is 8.85. The Balaban J connectivity index is 1.45. The summed E-state index contributed by atoms with van der Waals surface area (Å²) in [7, 11) is -1.79. The molecule has 35 heavy (non-hydrogen) atoms. The van der Waals surface area contributed by atoms with Crippen LogP contribution in [-0.2, 0) is 22.6 Å². The fourth-order valence-electron chi connectivity index (χ4n) is 3.94. The first-order valence-electron chi connectivity index (χ1n) is 10.7. The summed E-state index contributed by atoms with van der Waals surface area (Å²) in [5, 5.41) is 15.4. The minimum Gasteiger partial charge on any atom is -0.504 e. The lowest BCUT2D eigenvalue weighted by Crippen LogP contribution is -2.10. The summed E-state index contributed by atoms with van der Waals surface area (Å²) < 4.78 is 26.8. The number of rotatable bonds is 6. The van der Waals surface area contributed by atoms with Crippen molar-refractivity contribution < 1.29 is 18.3 Å². The normalized spacial score (nSPS) is 11.7. The van der Waals surface area contributed by atoms with Crippen LogP contribution in [0.4, 0.5) is 0 Å². The van der Waals surface area contributed by atoms with Crippen LogP contribution < -0.4 is 5.73 Å².